The number of carbonyl (C=O) groups excluding carboxylic acids is 2. The van der Waals surface area contributed by atoms with E-state index >= 15 is 0 Å². The number of carbonyl (C=O) groups is 2. The molecular formula is C17H14INO2. The van der Waals surface area contributed by atoms with Gasteiger partial charge in [0.15, 0.2) is 0 Å². The van der Waals surface area contributed by atoms with E-state index in [2.05, 4.69) is 46.9 Å². The van der Waals surface area contributed by atoms with Crippen LogP contribution in [0, 0.1) is 3.57 Å². The molecule has 0 saturated carbocycles. The van der Waals surface area contributed by atoms with Crippen LogP contribution in [0.4, 0.5) is 0 Å². The summed E-state index contributed by atoms with van der Waals surface area (Å²) < 4.78 is 1.21. The number of amides is 2. The van der Waals surface area contributed by atoms with Gasteiger partial charge in [-0.3, -0.25) is 14.5 Å². The summed E-state index contributed by atoms with van der Waals surface area (Å²) in [4.78, 5) is 25.8. The minimum atomic E-state index is -0.168. The van der Waals surface area contributed by atoms with Gasteiger partial charge < -0.3 is 0 Å². The van der Waals surface area contributed by atoms with E-state index in [1.54, 1.807) is 24.3 Å². The van der Waals surface area contributed by atoms with E-state index in [1.165, 1.54) is 14.0 Å². The minimum absolute atomic E-state index is 0.168. The van der Waals surface area contributed by atoms with Gasteiger partial charge in [0.2, 0.25) is 0 Å². The van der Waals surface area contributed by atoms with Crippen molar-refractivity contribution in [3.05, 3.63) is 68.8 Å². The molecule has 1 heterocycles. The molecule has 106 valence electrons. The number of rotatable bonds is 4. The topological polar surface area (TPSA) is 37.4 Å². The highest BCUT2D eigenvalue weighted by molar-refractivity contribution is 14.1. The summed E-state index contributed by atoms with van der Waals surface area (Å²) in [5.41, 5.74) is 2.28. The predicted octanol–water partition coefficient (Wildman–Crippen LogP) is 3.52. The summed E-state index contributed by atoms with van der Waals surface area (Å²) in [6.45, 7) is 0.471. The number of hydrogen-bond acceptors (Lipinski definition) is 2. The van der Waals surface area contributed by atoms with E-state index in [9.17, 15) is 9.59 Å². The van der Waals surface area contributed by atoms with Crippen molar-refractivity contribution >= 4 is 34.4 Å². The van der Waals surface area contributed by atoms with Crippen molar-refractivity contribution in [2.75, 3.05) is 6.54 Å². The van der Waals surface area contributed by atoms with Gasteiger partial charge in [-0.05, 0) is 65.3 Å². The SMILES string of the molecule is O=C1c2ccccc2C(=O)N1CCCc1ccc(I)cc1. The van der Waals surface area contributed by atoms with Crippen LogP contribution < -0.4 is 0 Å². The first kappa shape index (κ1) is 14.3. The molecule has 2 amide bonds. The monoisotopic (exact) mass is 391 g/mol. The third-order valence-electron chi connectivity index (χ3n) is 3.64. The molecule has 3 rings (SSSR count). The Kier molecular flexibility index (Phi) is 4.05. The van der Waals surface area contributed by atoms with Gasteiger partial charge in [0.05, 0.1) is 11.1 Å². The highest BCUT2D eigenvalue weighted by Crippen LogP contribution is 2.22. The zero-order chi connectivity index (χ0) is 14.8. The minimum Gasteiger partial charge on any atom is -0.274 e. The number of imide groups is 1. The molecule has 0 N–H and O–H groups in total. The lowest BCUT2D eigenvalue weighted by Crippen LogP contribution is -2.30. The van der Waals surface area contributed by atoms with Crippen molar-refractivity contribution in [1.82, 2.24) is 4.90 Å². The lowest BCUT2D eigenvalue weighted by Gasteiger charge is -2.13. The Balaban J connectivity index is 1.63. The summed E-state index contributed by atoms with van der Waals surface area (Å²) in [5, 5.41) is 0. The first-order valence-electron chi connectivity index (χ1n) is 6.86. The van der Waals surface area contributed by atoms with Gasteiger partial charge >= 0.3 is 0 Å². The van der Waals surface area contributed by atoms with Crippen molar-refractivity contribution in [1.29, 1.82) is 0 Å². The number of benzene rings is 2. The van der Waals surface area contributed by atoms with E-state index < -0.39 is 0 Å². The molecule has 1 aliphatic rings. The van der Waals surface area contributed by atoms with Gasteiger partial charge in [0, 0.05) is 10.1 Å². The van der Waals surface area contributed by atoms with Crippen LogP contribution in [0.5, 0.6) is 0 Å². The Morgan fingerprint density at radius 3 is 2.00 bits per heavy atom. The molecule has 3 nitrogen and oxygen atoms in total. The molecule has 4 heteroatoms. The summed E-state index contributed by atoms with van der Waals surface area (Å²) >= 11 is 2.27. The number of nitrogens with zero attached hydrogens (tertiary/aromatic N) is 1. The number of aryl methyl sites for hydroxylation is 1. The highest BCUT2D eigenvalue weighted by Gasteiger charge is 2.34. The van der Waals surface area contributed by atoms with E-state index in [0.717, 1.165) is 12.8 Å². The van der Waals surface area contributed by atoms with Crippen molar-refractivity contribution in [2.24, 2.45) is 0 Å². The molecule has 0 bridgehead atoms. The van der Waals surface area contributed by atoms with Crippen LogP contribution >= 0.6 is 22.6 Å². The third kappa shape index (κ3) is 2.85. The van der Waals surface area contributed by atoms with Gasteiger partial charge in [-0.1, -0.05) is 24.3 Å². The molecular weight excluding hydrogens is 377 g/mol. The van der Waals surface area contributed by atoms with Gasteiger partial charge in [-0.15, -0.1) is 0 Å². The fourth-order valence-electron chi connectivity index (χ4n) is 2.53. The van der Waals surface area contributed by atoms with Gasteiger partial charge in [0.25, 0.3) is 11.8 Å². The Labute approximate surface area is 137 Å². The van der Waals surface area contributed by atoms with Crippen LogP contribution in [0.15, 0.2) is 48.5 Å². The average molecular weight is 391 g/mol. The zero-order valence-corrected chi connectivity index (χ0v) is 13.5. The molecule has 1 aliphatic heterocycles. The van der Waals surface area contributed by atoms with Crippen molar-refractivity contribution in [3.63, 3.8) is 0 Å². The lowest BCUT2D eigenvalue weighted by molar-refractivity contribution is 0.0652. The maximum Gasteiger partial charge on any atom is 0.261 e. The predicted molar refractivity (Wildman–Crippen MR) is 89.3 cm³/mol. The molecule has 0 spiro atoms. The van der Waals surface area contributed by atoms with Crippen LogP contribution in [-0.4, -0.2) is 23.3 Å². The molecule has 0 saturated heterocycles. The molecule has 0 atom stereocenters. The zero-order valence-electron chi connectivity index (χ0n) is 11.4. The molecule has 0 aromatic heterocycles. The summed E-state index contributed by atoms with van der Waals surface area (Å²) in [5.74, 6) is -0.337. The lowest BCUT2D eigenvalue weighted by atomic mass is 10.1. The highest BCUT2D eigenvalue weighted by atomic mass is 127. The van der Waals surface area contributed by atoms with Crippen LogP contribution in [0.1, 0.15) is 32.7 Å². The summed E-state index contributed by atoms with van der Waals surface area (Å²) in [6, 6.07) is 15.3. The maximum absolute atomic E-state index is 12.2. The quantitative estimate of drug-likeness (QED) is 0.591. The number of hydrogen-bond donors (Lipinski definition) is 0. The number of fused-ring (bicyclic) bond motifs is 1. The summed E-state index contributed by atoms with van der Waals surface area (Å²) in [6.07, 6.45) is 1.65. The Morgan fingerprint density at radius 1 is 0.857 bits per heavy atom. The first-order chi connectivity index (χ1) is 10.2. The molecule has 0 radical (unpaired) electrons. The van der Waals surface area contributed by atoms with Crippen LogP contribution in [0.25, 0.3) is 0 Å². The van der Waals surface area contributed by atoms with Crippen LogP contribution in [-0.2, 0) is 6.42 Å². The van der Waals surface area contributed by atoms with E-state index in [-0.39, 0.29) is 11.8 Å². The smallest absolute Gasteiger partial charge is 0.261 e. The average Bonchev–Trinajstić information content (AvgIpc) is 2.75. The third-order valence-corrected chi connectivity index (χ3v) is 4.36. The van der Waals surface area contributed by atoms with E-state index in [1.807, 2.05) is 0 Å². The van der Waals surface area contributed by atoms with Gasteiger partial charge in [-0.25, -0.2) is 0 Å². The second-order valence-corrected chi connectivity index (χ2v) is 6.28. The Morgan fingerprint density at radius 2 is 1.43 bits per heavy atom. The van der Waals surface area contributed by atoms with Crippen molar-refractivity contribution in [2.45, 2.75) is 12.8 Å². The fourth-order valence-corrected chi connectivity index (χ4v) is 2.89. The maximum atomic E-state index is 12.2. The molecule has 0 aliphatic carbocycles. The summed E-state index contributed by atoms with van der Waals surface area (Å²) in [7, 11) is 0. The van der Waals surface area contributed by atoms with Crippen molar-refractivity contribution < 1.29 is 9.59 Å². The second kappa shape index (κ2) is 5.97. The number of halogens is 1. The largest absolute Gasteiger partial charge is 0.274 e. The van der Waals surface area contributed by atoms with Gasteiger partial charge in [0.1, 0.15) is 0 Å². The van der Waals surface area contributed by atoms with Gasteiger partial charge in [-0.2, -0.15) is 0 Å². The fraction of sp³-hybridized carbons (Fsp3) is 0.176. The molecule has 2 aromatic rings. The van der Waals surface area contributed by atoms with Crippen LogP contribution in [0.2, 0.25) is 0 Å². The molecule has 21 heavy (non-hydrogen) atoms. The Bertz CT molecular complexity index is 659. The molecule has 0 unspecified atom stereocenters. The van der Waals surface area contributed by atoms with Crippen molar-refractivity contribution in [3.8, 4) is 0 Å². The Hall–Kier alpha value is -1.69. The molecule has 0 fully saturated rings. The second-order valence-electron chi connectivity index (χ2n) is 5.04. The standard InChI is InChI=1S/C17H14INO2/c18-13-9-7-12(8-10-13)4-3-11-19-16(20)14-5-1-2-6-15(14)17(19)21/h1-2,5-10H,3-4,11H2. The first-order valence-corrected chi connectivity index (χ1v) is 7.94. The molecule has 2 aromatic carbocycles. The normalized spacial score (nSPS) is 13.7. The van der Waals surface area contributed by atoms with Crippen LogP contribution in [0.3, 0.4) is 0 Å². The van der Waals surface area contributed by atoms with E-state index in [0.29, 0.717) is 17.7 Å². The van der Waals surface area contributed by atoms with E-state index in [4.69, 9.17) is 0 Å².